The highest BCUT2D eigenvalue weighted by Gasteiger charge is 2.14. The number of amides is 1. The van der Waals surface area contributed by atoms with Gasteiger partial charge in [-0.1, -0.05) is 23.8 Å². The fraction of sp³-hybridized carbons (Fsp3) is 0.400. The van der Waals surface area contributed by atoms with Gasteiger partial charge >= 0.3 is 6.09 Å². The van der Waals surface area contributed by atoms with Crippen molar-refractivity contribution in [1.82, 2.24) is 5.32 Å². The SMILES string of the molecule is Cc1ccc(F)c(C=CCNC(=O)OC(C)(C)C)c1. The summed E-state index contributed by atoms with van der Waals surface area (Å²) in [5.74, 6) is -0.279. The van der Waals surface area contributed by atoms with Crippen LogP contribution in [0.5, 0.6) is 0 Å². The molecule has 0 aliphatic rings. The standard InChI is InChI=1S/C15H20FNO2/c1-11-7-8-13(16)12(10-11)6-5-9-17-14(18)19-15(2,3)4/h5-8,10H,9H2,1-4H3,(H,17,18). The molecule has 0 aliphatic heterocycles. The third-order valence-corrected chi connectivity index (χ3v) is 2.21. The van der Waals surface area contributed by atoms with Crippen LogP contribution in [0.15, 0.2) is 24.3 Å². The highest BCUT2D eigenvalue weighted by atomic mass is 19.1. The summed E-state index contributed by atoms with van der Waals surface area (Å²) in [6.07, 6.45) is 2.84. The van der Waals surface area contributed by atoms with Crippen LogP contribution in [-0.2, 0) is 4.74 Å². The molecule has 1 aromatic rings. The van der Waals surface area contributed by atoms with Gasteiger partial charge < -0.3 is 10.1 Å². The maximum absolute atomic E-state index is 13.4. The first kappa shape index (κ1) is 15.2. The van der Waals surface area contributed by atoms with E-state index in [1.54, 1.807) is 45.1 Å². The first-order valence-corrected chi connectivity index (χ1v) is 6.17. The van der Waals surface area contributed by atoms with E-state index in [0.717, 1.165) is 5.56 Å². The maximum atomic E-state index is 13.4. The zero-order chi connectivity index (χ0) is 14.5. The summed E-state index contributed by atoms with van der Waals surface area (Å²) in [5, 5.41) is 2.57. The van der Waals surface area contributed by atoms with Crippen LogP contribution in [-0.4, -0.2) is 18.2 Å². The van der Waals surface area contributed by atoms with Crippen LogP contribution in [0.1, 0.15) is 31.9 Å². The Balaban J connectivity index is 2.47. The van der Waals surface area contributed by atoms with Crippen molar-refractivity contribution in [2.75, 3.05) is 6.54 Å². The van der Waals surface area contributed by atoms with Crippen molar-refractivity contribution in [2.45, 2.75) is 33.3 Å². The van der Waals surface area contributed by atoms with Gasteiger partial charge in [0.25, 0.3) is 0 Å². The Bertz CT molecular complexity index is 476. The van der Waals surface area contributed by atoms with Crippen molar-refractivity contribution in [3.8, 4) is 0 Å². The van der Waals surface area contributed by atoms with E-state index < -0.39 is 11.7 Å². The molecule has 0 saturated carbocycles. The van der Waals surface area contributed by atoms with E-state index in [1.165, 1.54) is 6.07 Å². The molecule has 0 heterocycles. The monoisotopic (exact) mass is 265 g/mol. The molecule has 0 radical (unpaired) electrons. The Morgan fingerprint density at radius 2 is 2.11 bits per heavy atom. The second kappa shape index (κ2) is 6.36. The first-order chi connectivity index (χ1) is 8.78. The number of ether oxygens (including phenoxy) is 1. The van der Waals surface area contributed by atoms with E-state index in [9.17, 15) is 9.18 Å². The van der Waals surface area contributed by atoms with E-state index in [-0.39, 0.29) is 5.82 Å². The molecule has 0 saturated heterocycles. The van der Waals surface area contributed by atoms with E-state index in [1.807, 2.05) is 6.92 Å². The van der Waals surface area contributed by atoms with Crippen LogP contribution in [0.4, 0.5) is 9.18 Å². The molecule has 0 bridgehead atoms. The lowest BCUT2D eigenvalue weighted by atomic mass is 10.1. The van der Waals surface area contributed by atoms with Crippen molar-refractivity contribution < 1.29 is 13.9 Å². The van der Waals surface area contributed by atoms with E-state index >= 15 is 0 Å². The van der Waals surface area contributed by atoms with Gasteiger partial charge in [-0.3, -0.25) is 0 Å². The quantitative estimate of drug-likeness (QED) is 0.905. The Morgan fingerprint density at radius 1 is 1.42 bits per heavy atom. The van der Waals surface area contributed by atoms with E-state index in [0.29, 0.717) is 12.1 Å². The Labute approximate surface area is 113 Å². The lowest BCUT2D eigenvalue weighted by Gasteiger charge is -2.19. The zero-order valence-electron chi connectivity index (χ0n) is 11.8. The number of hydrogen-bond acceptors (Lipinski definition) is 2. The van der Waals surface area contributed by atoms with E-state index in [2.05, 4.69) is 5.32 Å². The number of hydrogen-bond donors (Lipinski definition) is 1. The molecule has 104 valence electrons. The third-order valence-electron chi connectivity index (χ3n) is 2.21. The van der Waals surface area contributed by atoms with Crippen molar-refractivity contribution in [1.29, 1.82) is 0 Å². The molecule has 0 fully saturated rings. The summed E-state index contributed by atoms with van der Waals surface area (Å²) in [4.78, 5) is 11.3. The fourth-order valence-electron chi connectivity index (χ4n) is 1.43. The number of nitrogens with one attached hydrogen (secondary N) is 1. The predicted molar refractivity (Wildman–Crippen MR) is 74.4 cm³/mol. The Kier molecular flexibility index (Phi) is 5.10. The van der Waals surface area contributed by atoms with Crippen LogP contribution in [0.25, 0.3) is 6.08 Å². The molecule has 3 nitrogen and oxygen atoms in total. The van der Waals surface area contributed by atoms with Crippen LogP contribution in [0.3, 0.4) is 0 Å². The first-order valence-electron chi connectivity index (χ1n) is 6.17. The van der Waals surface area contributed by atoms with Gasteiger partial charge in [0.2, 0.25) is 0 Å². The molecular formula is C15H20FNO2. The molecule has 0 aromatic heterocycles. The molecule has 1 aromatic carbocycles. The number of benzene rings is 1. The molecule has 0 atom stereocenters. The van der Waals surface area contributed by atoms with Gasteiger partial charge in [-0.15, -0.1) is 0 Å². The summed E-state index contributed by atoms with van der Waals surface area (Å²) in [5.41, 5.74) is 0.975. The predicted octanol–water partition coefficient (Wildman–Crippen LogP) is 3.67. The van der Waals surface area contributed by atoms with Crippen LogP contribution >= 0.6 is 0 Å². The van der Waals surface area contributed by atoms with Gasteiger partial charge in [0.1, 0.15) is 11.4 Å². The summed E-state index contributed by atoms with van der Waals surface area (Å²) in [6.45, 7) is 7.58. The van der Waals surface area contributed by atoms with Crippen molar-refractivity contribution in [3.05, 3.63) is 41.2 Å². The van der Waals surface area contributed by atoms with Crippen molar-refractivity contribution >= 4 is 12.2 Å². The number of carbonyl (C=O) groups excluding carboxylic acids is 1. The third kappa shape index (κ3) is 6.04. The molecule has 1 N–H and O–H groups in total. The van der Waals surface area contributed by atoms with Gasteiger partial charge in [-0.05, 0) is 39.8 Å². The van der Waals surface area contributed by atoms with Crippen LogP contribution in [0, 0.1) is 12.7 Å². The minimum atomic E-state index is -0.517. The fourth-order valence-corrected chi connectivity index (χ4v) is 1.43. The molecule has 1 rings (SSSR count). The average molecular weight is 265 g/mol. The lowest BCUT2D eigenvalue weighted by Crippen LogP contribution is -2.32. The number of aryl methyl sites for hydroxylation is 1. The molecule has 1 amide bonds. The topological polar surface area (TPSA) is 38.3 Å². The van der Waals surface area contributed by atoms with Gasteiger partial charge in [0.15, 0.2) is 0 Å². The van der Waals surface area contributed by atoms with Crippen LogP contribution < -0.4 is 5.32 Å². The molecular weight excluding hydrogens is 245 g/mol. The van der Waals surface area contributed by atoms with Crippen LogP contribution in [0.2, 0.25) is 0 Å². The Morgan fingerprint density at radius 3 is 2.74 bits per heavy atom. The summed E-state index contributed by atoms with van der Waals surface area (Å²) >= 11 is 0. The zero-order valence-corrected chi connectivity index (χ0v) is 11.8. The maximum Gasteiger partial charge on any atom is 0.407 e. The minimum Gasteiger partial charge on any atom is -0.444 e. The average Bonchev–Trinajstić information content (AvgIpc) is 2.26. The lowest BCUT2D eigenvalue weighted by molar-refractivity contribution is 0.0534. The van der Waals surface area contributed by atoms with Crippen molar-refractivity contribution in [3.63, 3.8) is 0 Å². The number of carbonyl (C=O) groups is 1. The highest BCUT2D eigenvalue weighted by molar-refractivity contribution is 5.68. The number of alkyl carbamates (subject to hydrolysis) is 1. The Hall–Kier alpha value is -1.84. The smallest absolute Gasteiger partial charge is 0.407 e. The summed E-state index contributed by atoms with van der Waals surface area (Å²) < 4.78 is 18.5. The summed E-state index contributed by atoms with van der Waals surface area (Å²) in [6, 6.07) is 4.89. The molecule has 0 aliphatic carbocycles. The summed E-state index contributed by atoms with van der Waals surface area (Å²) in [7, 11) is 0. The largest absolute Gasteiger partial charge is 0.444 e. The van der Waals surface area contributed by atoms with Gasteiger partial charge in [-0.2, -0.15) is 0 Å². The van der Waals surface area contributed by atoms with Gasteiger partial charge in [0, 0.05) is 12.1 Å². The van der Waals surface area contributed by atoms with Gasteiger partial charge in [0.05, 0.1) is 0 Å². The second-order valence-electron chi connectivity index (χ2n) is 5.31. The molecule has 0 unspecified atom stereocenters. The number of rotatable bonds is 3. The van der Waals surface area contributed by atoms with E-state index in [4.69, 9.17) is 4.74 Å². The highest BCUT2D eigenvalue weighted by Crippen LogP contribution is 2.11. The van der Waals surface area contributed by atoms with Crippen molar-refractivity contribution in [2.24, 2.45) is 0 Å². The van der Waals surface area contributed by atoms with Gasteiger partial charge in [-0.25, -0.2) is 9.18 Å². The molecule has 4 heteroatoms. The number of halogens is 1. The normalized spacial score (nSPS) is 11.6. The minimum absolute atomic E-state index is 0.279. The molecule has 19 heavy (non-hydrogen) atoms. The second-order valence-corrected chi connectivity index (χ2v) is 5.31. The molecule has 0 spiro atoms.